The maximum Gasteiger partial charge on any atom is 0.0775 e. The molecule has 0 aromatic heterocycles. The van der Waals surface area contributed by atoms with Gasteiger partial charge in [0.2, 0.25) is 0 Å². The van der Waals surface area contributed by atoms with Crippen molar-refractivity contribution in [1.82, 2.24) is 0 Å². The van der Waals surface area contributed by atoms with Gasteiger partial charge in [-0.15, -0.1) is 0 Å². The molecule has 6 heteroatoms. The maximum atomic E-state index is 2.48. The highest BCUT2D eigenvalue weighted by molar-refractivity contribution is 6.90. The molecule has 0 aliphatic rings. The van der Waals surface area contributed by atoms with Crippen LogP contribution in [0, 0.1) is 0 Å². The molecule has 0 spiro atoms. The van der Waals surface area contributed by atoms with Crippen molar-refractivity contribution in [3.8, 4) is 44.5 Å². The molecule has 0 saturated heterocycles. The average Bonchev–Trinajstić information content (AvgIpc) is 3.64. The molecular formula is C74H76N2Si4. The predicted octanol–water partition coefficient (Wildman–Crippen LogP) is 19.8. The van der Waals surface area contributed by atoms with Crippen LogP contribution in [0.1, 0.15) is 0 Å². The zero-order valence-electron chi connectivity index (χ0n) is 49.0. The van der Waals surface area contributed by atoms with Gasteiger partial charge in [0.1, 0.15) is 0 Å². The monoisotopic (exact) mass is 1100 g/mol. The first-order valence-electron chi connectivity index (χ1n) is 28.6. The Morgan fingerprint density at radius 1 is 0.200 bits per heavy atom. The summed E-state index contributed by atoms with van der Waals surface area (Å²) in [5.74, 6) is 0. The zero-order chi connectivity index (χ0) is 56.1. The van der Waals surface area contributed by atoms with E-state index in [9.17, 15) is 0 Å². The number of hydrogen-bond donors (Lipinski definition) is 0. The fraction of sp³-hybridized carbons (Fsp3) is 0.162. The molecule has 0 fully saturated rings. The lowest BCUT2D eigenvalue weighted by Gasteiger charge is -2.29. The largest absolute Gasteiger partial charge is 0.310 e. The highest BCUT2D eigenvalue weighted by atomic mass is 28.3. The zero-order valence-corrected chi connectivity index (χ0v) is 53.0. The number of hydrogen-bond acceptors (Lipinski definition) is 2. The molecular weight excluding hydrogens is 1030 g/mol. The summed E-state index contributed by atoms with van der Waals surface area (Å²) >= 11 is 0. The van der Waals surface area contributed by atoms with Crippen molar-refractivity contribution in [2.75, 3.05) is 9.80 Å². The van der Waals surface area contributed by atoms with Crippen molar-refractivity contribution < 1.29 is 0 Å². The van der Waals surface area contributed by atoms with E-state index < -0.39 is 32.3 Å². The van der Waals surface area contributed by atoms with Gasteiger partial charge < -0.3 is 9.80 Å². The molecule has 0 heterocycles. The van der Waals surface area contributed by atoms with Crippen LogP contribution in [-0.4, -0.2) is 32.3 Å². The lowest BCUT2D eigenvalue weighted by atomic mass is 9.84. The second-order valence-electron chi connectivity index (χ2n) is 26.0. The van der Waals surface area contributed by atoms with Gasteiger partial charge in [0.05, 0.1) is 32.3 Å². The SMILES string of the molecule is C[Si](C)(C)c1ccc(N(c2ccc([Si](C)(C)C)cc2)c2ccc3c(-c4ccc(-c5ccccc5)cc4)c4cc(N(c5ccc([Si](C)(C)C)cc5)c5ccc([Si](C)(C)C)cc5)ccc4c(-c4ccc(-c5ccccc5)cc4)c3c2)cc1. The quantitative estimate of drug-likeness (QED) is 0.0791. The second-order valence-corrected chi connectivity index (χ2v) is 46.3. The molecule has 0 saturated carbocycles. The molecule has 0 radical (unpaired) electrons. The van der Waals surface area contributed by atoms with E-state index >= 15 is 0 Å². The Morgan fingerprint density at radius 2 is 0.425 bits per heavy atom. The number of nitrogens with zero attached hydrogens (tertiary/aromatic N) is 2. The van der Waals surface area contributed by atoms with E-state index in [1.165, 1.54) is 86.8 Å². The van der Waals surface area contributed by atoms with Gasteiger partial charge in [-0.2, -0.15) is 0 Å². The van der Waals surface area contributed by atoms with Crippen LogP contribution in [-0.2, 0) is 0 Å². The molecule has 11 aromatic carbocycles. The van der Waals surface area contributed by atoms with Gasteiger partial charge >= 0.3 is 0 Å². The molecule has 11 rings (SSSR count). The van der Waals surface area contributed by atoms with Gasteiger partial charge in [0.15, 0.2) is 0 Å². The summed E-state index contributed by atoms with van der Waals surface area (Å²) in [5.41, 5.74) is 16.5. The van der Waals surface area contributed by atoms with Crippen molar-refractivity contribution in [3.05, 3.63) is 243 Å². The number of fused-ring (bicyclic) bond motifs is 2. The molecule has 80 heavy (non-hydrogen) atoms. The van der Waals surface area contributed by atoms with Crippen molar-refractivity contribution in [2.45, 2.75) is 78.6 Å². The molecule has 11 aromatic rings. The Hall–Kier alpha value is -7.59. The molecule has 0 atom stereocenters. The second kappa shape index (κ2) is 21.5. The Bertz CT molecular complexity index is 3580. The predicted molar refractivity (Wildman–Crippen MR) is 364 cm³/mol. The minimum Gasteiger partial charge on any atom is -0.310 e. The Balaban J connectivity index is 1.21. The molecule has 0 unspecified atom stereocenters. The molecule has 0 aliphatic heterocycles. The lowest BCUT2D eigenvalue weighted by molar-refractivity contribution is 1.29. The Morgan fingerprint density at radius 3 is 0.675 bits per heavy atom. The van der Waals surface area contributed by atoms with E-state index in [-0.39, 0.29) is 0 Å². The first-order valence-corrected chi connectivity index (χ1v) is 42.6. The molecule has 0 N–H and O–H groups in total. The molecule has 0 amide bonds. The smallest absolute Gasteiger partial charge is 0.0775 e. The van der Waals surface area contributed by atoms with E-state index in [4.69, 9.17) is 0 Å². The molecule has 398 valence electrons. The van der Waals surface area contributed by atoms with Crippen molar-refractivity contribution in [3.63, 3.8) is 0 Å². The van der Waals surface area contributed by atoms with Crippen molar-refractivity contribution >= 4 is 109 Å². The summed E-state index contributed by atoms with van der Waals surface area (Å²) in [5, 5.41) is 10.7. The lowest BCUT2D eigenvalue weighted by Crippen LogP contribution is -2.37. The minimum atomic E-state index is -1.56. The van der Waals surface area contributed by atoms with Crippen LogP contribution in [0.5, 0.6) is 0 Å². The van der Waals surface area contributed by atoms with Crippen molar-refractivity contribution in [1.29, 1.82) is 0 Å². The summed E-state index contributed by atoms with van der Waals surface area (Å²) in [4.78, 5) is 4.95. The normalized spacial score (nSPS) is 12.2. The Kier molecular flexibility index (Phi) is 14.6. The van der Waals surface area contributed by atoms with Crippen molar-refractivity contribution in [2.24, 2.45) is 0 Å². The fourth-order valence-electron chi connectivity index (χ4n) is 11.4. The summed E-state index contributed by atoms with van der Waals surface area (Å²) < 4.78 is 0. The van der Waals surface area contributed by atoms with Gasteiger partial charge in [-0.3, -0.25) is 0 Å². The third kappa shape index (κ3) is 11.2. The maximum absolute atomic E-state index is 2.48. The van der Waals surface area contributed by atoms with Gasteiger partial charge in [-0.1, -0.05) is 269 Å². The number of anilines is 6. The Labute approximate surface area is 481 Å². The van der Waals surface area contributed by atoms with E-state index in [0.717, 1.165) is 34.1 Å². The minimum absolute atomic E-state index is 1.12. The van der Waals surface area contributed by atoms with Crippen LogP contribution >= 0.6 is 0 Å². The number of benzene rings is 11. The molecule has 0 bridgehead atoms. The summed E-state index contributed by atoms with van der Waals surface area (Å²) in [6, 6.07) is 92.4. The van der Waals surface area contributed by atoms with Gasteiger partial charge in [-0.25, -0.2) is 0 Å². The fourth-order valence-corrected chi connectivity index (χ4v) is 16.0. The average molecular weight is 1110 g/mol. The third-order valence-corrected chi connectivity index (χ3v) is 24.4. The first-order chi connectivity index (χ1) is 38.2. The van der Waals surface area contributed by atoms with E-state index in [1.54, 1.807) is 0 Å². The van der Waals surface area contributed by atoms with Crippen LogP contribution < -0.4 is 30.5 Å². The van der Waals surface area contributed by atoms with E-state index in [1.807, 2.05) is 0 Å². The van der Waals surface area contributed by atoms with E-state index in [0.29, 0.717) is 0 Å². The standard InChI is InChI=1S/C74H76N2Si4/c1-77(2,3)65-41-31-59(32-42-65)75(60-33-43-66(44-34-60)78(4,5)6)63-39-49-69-71(51-63)73(57-27-23-55(24-28-57)53-19-15-13-16-20-53)70-50-40-64(52-72(70)74(69)58-29-25-56(26-30-58)54-21-17-14-18-22-54)76(61-35-45-67(46-36-61)79(7,8)9)62-37-47-68(48-38-62)80(10,11)12/h13-52H,1-12H3. The highest BCUT2D eigenvalue weighted by Gasteiger charge is 2.26. The van der Waals surface area contributed by atoms with Gasteiger partial charge in [0, 0.05) is 34.1 Å². The third-order valence-electron chi connectivity index (χ3n) is 16.1. The van der Waals surface area contributed by atoms with Crippen LogP contribution in [0.15, 0.2) is 243 Å². The highest BCUT2D eigenvalue weighted by Crippen LogP contribution is 2.49. The summed E-state index contributed by atoms with van der Waals surface area (Å²) in [6.07, 6.45) is 0. The van der Waals surface area contributed by atoms with Crippen LogP contribution in [0.2, 0.25) is 78.6 Å². The van der Waals surface area contributed by atoms with Crippen LogP contribution in [0.4, 0.5) is 34.1 Å². The first kappa shape index (κ1) is 54.4. The summed E-state index contributed by atoms with van der Waals surface area (Å²) in [6.45, 7) is 29.2. The molecule has 0 aliphatic carbocycles. The van der Waals surface area contributed by atoms with E-state index in [2.05, 4.69) is 331 Å². The molecule has 2 nitrogen and oxygen atoms in total. The summed E-state index contributed by atoms with van der Waals surface area (Å²) in [7, 11) is -6.22. The topological polar surface area (TPSA) is 6.48 Å². The van der Waals surface area contributed by atoms with Gasteiger partial charge in [0.25, 0.3) is 0 Å². The number of rotatable bonds is 14. The van der Waals surface area contributed by atoms with Crippen LogP contribution in [0.3, 0.4) is 0 Å². The van der Waals surface area contributed by atoms with Crippen LogP contribution in [0.25, 0.3) is 66.1 Å². The van der Waals surface area contributed by atoms with Gasteiger partial charge in [-0.05, 0) is 139 Å².